The molecule has 0 saturated carbocycles. The molecule has 144 valence electrons. The summed E-state index contributed by atoms with van der Waals surface area (Å²) in [6, 6.07) is 8.59. The van der Waals surface area contributed by atoms with Crippen LogP contribution in [-0.2, 0) is 10.0 Å². The SMILES string of the molecule is CC(C)(CNc1ccc2nnc(-c3cc(Cl)cc(Cl)c3)n2n1)NS(C)(=O)=O. The Bertz CT molecular complexity index is 1080. The minimum atomic E-state index is -3.32. The summed E-state index contributed by atoms with van der Waals surface area (Å²) in [6.07, 6.45) is 1.12. The summed E-state index contributed by atoms with van der Waals surface area (Å²) in [4.78, 5) is 0. The van der Waals surface area contributed by atoms with Crippen LogP contribution in [-0.4, -0.2) is 46.6 Å². The predicted octanol–water partition coefficient (Wildman–Crippen LogP) is 2.84. The first kappa shape index (κ1) is 19.8. The van der Waals surface area contributed by atoms with Crippen molar-refractivity contribution >= 4 is 44.7 Å². The van der Waals surface area contributed by atoms with Gasteiger partial charge < -0.3 is 5.32 Å². The predicted molar refractivity (Wildman–Crippen MR) is 107 cm³/mol. The van der Waals surface area contributed by atoms with Gasteiger partial charge in [0.2, 0.25) is 10.0 Å². The highest BCUT2D eigenvalue weighted by molar-refractivity contribution is 7.88. The fourth-order valence-electron chi connectivity index (χ4n) is 2.60. The van der Waals surface area contributed by atoms with Gasteiger partial charge in [-0.15, -0.1) is 15.3 Å². The number of aromatic nitrogens is 4. The maximum atomic E-state index is 11.5. The third-order valence-corrected chi connectivity index (χ3v) is 4.92. The number of hydrogen-bond donors (Lipinski definition) is 2. The zero-order valence-electron chi connectivity index (χ0n) is 14.9. The van der Waals surface area contributed by atoms with Gasteiger partial charge in [0, 0.05) is 27.7 Å². The molecule has 0 spiro atoms. The molecule has 0 amide bonds. The second kappa shape index (κ2) is 7.23. The molecule has 2 aromatic heterocycles. The van der Waals surface area contributed by atoms with E-state index in [0.29, 0.717) is 39.4 Å². The number of anilines is 1. The normalized spacial score (nSPS) is 12.5. The summed E-state index contributed by atoms with van der Waals surface area (Å²) in [5, 5.41) is 16.8. The fraction of sp³-hybridized carbons (Fsp3) is 0.312. The molecular weight excluding hydrogens is 411 g/mol. The van der Waals surface area contributed by atoms with E-state index in [0.717, 1.165) is 6.26 Å². The van der Waals surface area contributed by atoms with E-state index >= 15 is 0 Å². The fourth-order valence-corrected chi connectivity index (χ4v) is 4.20. The molecule has 3 rings (SSSR count). The lowest BCUT2D eigenvalue weighted by molar-refractivity contribution is 0.475. The van der Waals surface area contributed by atoms with Crippen molar-refractivity contribution in [1.29, 1.82) is 0 Å². The van der Waals surface area contributed by atoms with E-state index in [1.54, 1.807) is 48.7 Å². The van der Waals surface area contributed by atoms with E-state index in [-0.39, 0.29) is 0 Å². The Morgan fingerprint density at radius 2 is 1.78 bits per heavy atom. The Balaban J connectivity index is 1.89. The summed E-state index contributed by atoms with van der Waals surface area (Å²) >= 11 is 12.1. The van der Waals surface area contributed by atoms with Gasteiger partial charge >= 0.3 is 0 Å². The van der Waals surface area contributed by atoms with Gasteiger partial charge in [-0.05, 0) is 44.2 Å². The van der Waals surface area contributed by atoms with E-state index in [1.165, 1.54) is 0 Å². The maximum absolute atomic E-state index is 11.5. The zero-order valence-corrected chi connectivity index (χ0v) is 17.2. The molecule has 3 aromatic rings. The average molecular weight is 429 g/mol. The standard InChI is InChI=1S/C16H18Cl2N6O2S/c1-16(2,23-27(3,25)26)9-19-13-4-5-14-20-21-15(24(14)22-13)10-6-11(17)8-12(18)7-10/h4-8,23H,9H2,1-3H3,(H,19,22). The molecule has 27 heavy (non-hydrogen) atoms. The number of sulfonamides is 1. The van der Waals surface area contributed by atoms with Crippen LogP contribution in [0.5, 0.6) is 0 Å². The molecule has 0 atom stereocenters. The highest BCUT2D eigenvalue weighted by atomic mass is 35.5. The number of rotatable bonds is 6. The Morgan fingerprint density at radius 3 is 2.41 bits per heavy atom. The quantitative estimate of drug-likeness (QED) is 0.625. The van der Waals surface area contributed by atoms with E-state index in [1.807, 2.05) is 0 Å². The maximum Gasteiger partial charge on any atom is 0.209 e. The van der Waals surface area contributed by atoms with Crippen LogP contribution in [0.1, 0.15) is 13.8 Å². The summed E-state index contributed by atoms with van der Waals surface area (Å²) < 4.78 is 27.1. The molecule has 0 aliphatic carbocycles. The third-order valence-electron chi connectivity index (χ3n) is 3.56. The van der Waals surface area contributed by atoms with Crippen LogP contribution in [0.2, 0.25) is 10.0 Å². The Kier molecular flexibility index (Phi) is 5.31. The number of nitrogens with one attached hydrogen (secondary N) is 2. The topological polar surface area (TPSA) is 101 Å². The smallest absolute Gasteiger partial charge is 0.209 e. The highest BCUT2D eigenvalue weighted by Crippen LogP contribution is 2.26. The molecule has 11 heteroatoms. The van der Waals surface area contributed by atoms with Gasteiger partial charge in [-0.3, -0.25) is 0 Å². The van der Waals surface area contributed by atoms with Crippen molar-refractivity contribution < 1.29 is 8.42 Å². The largest absolute Gasteiger partial charge is 0.367 e. The summed E-state index contributed by atoms with van der Waals surface area (Å²) in [5.74, 6) is 1.03. The lowest BCUT2D eigenvalue weighted by Gasteiger charge is -2.25. The average Bonchev–Trinajstić information content (AvgIpc) is 2.93. The Labute approximate surface area is 166 Å². The zero-order chi connectivity index (χ0) is 19.8. The minimum Gasteiger partial charge on any atom is -0.367 e. The molecule has 2 heterocycles. The van der Waals surface area contributed by atoms with E-state index in [2.05, 4.69) is 25.3 Å². The van der Waals surface area contributed by atoms with Gasteiger partial charge in [0.15, 0.2) is 11.5 Å². The number of halogens is 2. The first-order valence-electron chi connectivity index (χ1n) is 7.94. The van der Waals surface area contributed by atoms with E-state index < -0.39 is 15.6 Å². The molecule has 0 unspecified atom stereocenters. The van der Waals surface area contributed by atoms with Crippen molar-refractivity contribution in [2.45, 2.75) is 19.4 Å². The van der Waals surface area contributed by atoms with Crippen molar-refractivity contribution in [3.05, 3.63) is 40.4 Å². The van der Waals surface area contributed by atoms with E-state index in [4.69, 9.17) is 23.2 Å². The Hall–Kier alpha value is -1.94. The number of fused-ring (bicyclic) bond motifs is 1. The van der Waals surface area contributed by atoms with Crippen LogP contribution in [0.4, 0.5) is 5.82 Å². The number of hydrogen-bond acceptors (Lipinski definition) is 6. The molecule has 0 saturated heterocycles. The van der Waals surface area contributed by atoms with Gasteiger partial charge in [-0.2, -0.15) is 4.52 Å². The lowest BCUT2D eigenvalue weighted by Crippen LogP contribution is -2.47. The van der Waals surface area contributed by atoms with Crippen LogP contribution < -0.4 is 10.0 Å². The molecule has 2 N–H and O–H groups in total. The van der Waals surface area contributed by atoms with Crippen LogP contribution in [0.25, 0.3) is 17.0 Å². The van der Waals surface area contributed by atoms with Crippen LogP contribution in [0, 0.1) is 0 Å². The van der Waals surface area contributed by atoms with Gasteiger partial charge in [0.05, 0.1) is 6.26 Å². The van der Waals surface area contributed by atoms with Crippen molar-refractivity contribution in [3.63, 3.8) is 0 Å². The second-order valence-corrected chi connectivity index (χ2v) is 9.40. The molecule has 0 radical (unpaired) electrons. The molecule has 0 fully saturated rings. The summed E-state index contributed by atoms with van der Waals surface area (Å²) in [6.45, 7) is 3.88. The summed E-state index contributed by atoms with van der Waals surface area (Å²) in [7, 11) is -3.32. The number of nitrogens with zero attached hydrogens (tertiary/aromatic N) is 4. The van der Waals surface area contributed by atoms with Crippen LogP contribution in [0.3, 0.4) is 0 Å². The molecular formula is C16H18Cl2N6O2S. The first-order chi connectivity index (χ1) is 12.5. The molecule has 0 bridgehead atoms. The molecule has 8 nitrogen and oxygen atoms in total. The van der Waals surface area contributed by atoms with Crippen molar-refractivity contribution in [2.24, 2.45) is 0 Å². The van der Waals surface area contributed by atoms with Crippen LogP contribution >= 0.6 is 23.2 Å². The minimum absolute atomic E-state index is 0.332. The van der Waals surface area contributed by atoms with Gasteiger partial charge in [-0.1, -0.05) is 23.2 Å². The molecule has 1 aromatic carbocycles. The van der Waals surface area contributed by atoms with Crippen molar-refractivity contribution in [1.82, 2.24) is 24.5 Å². The first-order valence-corrected chi connectivity index (χ1v) is 10.6. The van der Waals surface area contributed by atoms with Crippen LogP contribution in [0.15, 0.2) is 30.3 Å². The number of benzene rings is 1. The van der Waals surface area contributed by atoms with Gasteiger partial charge in [0.25, 0.3) is 0 Å². The highest BCUT2D eigenvalue weighted by Gasteiger charge is 2.22. The van der Waals surface area contributed by atoms with Crippen molar-refractivity contribution in [3.8, 4) is 11.4 Å². The van der Waals surface area contributed by atoms with Gasteiger partial charge in [-0.25, -0.2) is 13.1 Å². The second-order valence-electron chi connectivity index (χ2n) is 6.78. The molecule has 0 aliphatic rings. The Morgan fingerprint density at radius 1 is 1.11 bits per heavy atom. The van der Waals surface area contributed by atoms with E-state index in [9.17, 15) is 8.42 Å². The summed E-state index contributed by atoms with van der Waals surface area (Å²) in [5.41, 5.74) is 0.546. The van der Waals surface area contributed by atoms with Gasteiger partial charge in [0.1, 0.15) is 5.82 Å². The lowest BCUT2D eigenvalue weighted by atomic mass is 10.1. The monoisotopic (exact) mass is 428 g/mol. The third kappa shape index (κ3) is 5.07. The van der Waals surface area contributed by atoms with Crippen molar-refractivity contribution in [2.75, 3.05) is 18.1 Å². The molecule has 0 aliphatic heterocycles.